The van der Waals surface area contributed by atoms with Gasteiger partial charge in [-0.05, 0) is 24.6 Å². The van der Waals surface area contributed by atoms with E-state index in [1.807, 2.05) is 6.92 Å². The summed E-state index contributed by atoms with van der Waals surface area (Å²) in [6.45, 7) is 2.55. The number of rotatable bonds is 6. The number of carbonyl (C=O) groups excluding carboxylic acids is 2. The van der Waals surface area contributed by atoms with Gasteiger partial charge in [-0.3, -0.25) is 9.59 Å². The molecule has 0 aliphatic heterocycles. The third-order valence-corrected chi connectivity index (χ3v) is 2.49. The maximum atomic E-state index is 12.1. The normalized spacial score (nSPS) is 9.84. The predicted molar refractivity (Wildman–Crippen MR) is 71.2 cm³/mol. The van der Waals surface area contributed by atoms with Gasteiger partial charge in [-0.25, -0.2) is 0 Å². The van der Waals surface area contributed by atoms with Gasteiger partial charge in [0, 0.05) is 12.6 Å². The number of carbonyl (C=O) groups is 2. The van der Waals surface area contributed by atoms with E-state index in [-0.39, 0.29) is 12.5 Å². The van der Waals surface area contributed by atoms with Gasteiger partial charge in [-0.2, -0.15) is 0 Å². The van der Waals surface area contributed by atoms with Crippen molar-refractivity contribution in [3.63, 3.8) is 0 Å². The Bertz CT molecular complexity index is 445. The second-order valence-electron chi connectivity index (χ2n) is 4.11. The monoisotopic (exact) mass is 265 g/mol. The van der Waals surface area contributed by atoms with Crippen LogP contribution in [-0.4, -0.2) is 44.1 Å². The summed E-state index contributed by atoms with van der Waals surface area (Å²) < 4.78 is 9.99. The molecule has 0 heterocycles. The van der Waals surface area contributed by atoms with Crippen molar-refractivity contribution in [2.24, 2.45) is 0 Å². The summed E-state index contributed by atoms with van der Waals surface area (Å²) in [5.74, 6) is -0.0410. The van der Waals surface area contributed by atoms with Gasteiger partial charge in [0.2, 0.25) is 0 Å². The largest absolute Gasteiger partial charge is 0.494 e. The van der Waals surface area contributed by atoms with Crippen LogP contribution in [-0.2, 0) is 9.53 Å². The molecular formula is C14H19NO4. The highest BCUT2D eigenvalue weighted by atomic mass is 16.5. The summed E-state index contributed by atoms with van der Waals surface area (Å²) in [5, 5.41) is 0. The Hall–Kier alpha value is -2.04. The van der Waals surface area contributed by atoms with Crippen LogP contribution in [0.4, 0.5) is 0 Å². The van der Waals surface area contributed by atoms with E-state index in [0.29, 0.717) is 17.9 Å². The topological polar surface area (TPSA) is 55.8 Å². The predicted octanol–water partition coefficient (Wildman–Crippen LogP) is 1.72. The zero-order valence-corrected chi connectivity index (χ0v) is 11.5. The molecule has 1 rings (SSSR count). The van der Waals surface area contributed by atoms with Crippen LogP contribution in [0, 0.1) is 0 Å². The number of likely N-dealkylation sites (N-methyl/N-ethyl adjacent to an activating group) is 1. The first-order valence-corrected chi connectivity index (χ1v) is 6.13. The van der Waals surface area contributed by atoms with Crippen molar-refractivity contribution in [1.29, 1.82) is 0 Å². The Kier molecular flexibility index (Phi) is 5.85. The molecule has 0 fully saturated rings. The van der Waals surface area contributed by atoms with Crippen LogP contribution in [0.5, 0.6) is 5.75 Å². The van der Waals surface area contributed by atoms with Crippen molar-refractivity contribution in [1.82, 2.24) is 4.90 Å². The second kappa shape index (κ2) is 7.41. The smallest absolute Gasteiger partial charge is 0.325 e. The number of esters is 1. The Morgan fingerprint density at radius 1 is 1.32 bits per heavy atom. The van der Waals surface area contributed by atoms with Crippen molar-refractivity contribution >= 4 is 11.9 Å². The van der Waals surface area contributed by atoms with Crippen molar-refractivity contribution in [3.05, 3.63) is 29.8 Å². The average Bonchev–Trinajstić information content (AvgIpc) is 2.44. The van der Waals surface area contributed by atoms with Gasteiger partial charge in [0.25, 0.3) is 5.91 Å². The summed E-state index contributed by atoms with van der Waals surface area (Å²) in [5.41, 5.74) is 0.486. The second-order valence-corrected chi connectivity index (χ2v) is 4.11. The molecule has 0 aliphatic rings. The fraction of sp³-hybridized carbons (Fsp3) is 0.429. The van der Waals surface area contributed by atoms with E-state index >= 15 is 0 Å². The molecule has 0 radical (unpaired) electrons. The van der Waals surface area contributed by atoms with E-state index in [4.69, 9.17) is 4.74 Å². The SMILES string of the molecule is CCCOc1cccc(C(=O)N(C)CC(=O)OC)c1. The number of benzene rings is 1. The molecule has 0 saturated heterocycles. The van der Waals surface area contributed by atoms with Crippen LogP contribution in [0.1, 0.15) is 23.7 Å². The summed E-state index contributed by atoms with van der Waals surface area (Å²) in [4.78, 5) is 24.5. The number of amides is 1. The van der Waals surface area contributed by atoms with E-state index in [1.165, 1.54) is 12.0 Å². The molecule has 0 bridgehead atoms. The minimum atomic E-state index is -0.450. The lowest BCUT2D eigenvalue weighted by atomic mass is 10.2. The summed E-state index contributed by atoms with van der Waals surface area (Å²) in [6.07, 6.45) is 0.903. The molecule has 1 aromatic carbocycles. The molecule has 0 aromatic heterocycles. The molecule has 5 heteroatoms. The van der Waals surface area contributed by atoms with Crippen molar-refractivity contribution in [3.8, 4) is 5.75 Å². The molecule has 1 amide bonds. The van der Waals surface area contributed by atoms with Crippen LogP contribution >= 0.6 is 0 Å². The maximum Gasteiger partial charge on any atom is 0.325 e. The fourth-order valence-corrected chi connectivity index (χ4v) is 1.49. The number of nitrogens with zero attached hydrogens (tertiary/aromatic N) is 1. The Morgan fingerprint density at radius 3 is 2.68 bits per heavy atom. The molecule has 0 aliphatic carbocycles. The number of methoxy groups -OCH3 is 1. The van der Waals surface area contributed by atoms with Crippen LogP contribution < -0.4 is 4.74 Å². The standard InChI is InChI=1S/C14H19NO4/c1-4-8-19-12-7-5-6-11(9-12)14(17)15(2)10-13(16)18-3/h5-7,9H,4,8,10H2,1-3H3. The van der Waals surface area contributed by atoms with Crippen molar-refractivity contribution in [2.75, 3.05) is 27.3 Å². The third-order valence-electron chi connectivity index (χ3n) is 2.49. The van der Waals surface area contributed by atoms with Crippen molar-refractivity contribution in [2.45, 2.75) is 13.3 Å². The summed E-state index contributed by atoms with van der Waals surface area (Å²) in [7, 11) is 2.85. The minimum absolute atomic E-state index is 0.0740. The summed E-state index contributed by atoms with van der Waals surface area (Å²) in [6, 6.07) is 6.91. The average molecular weight is 265 g/mol. The minimum Gasteiger partial charge on any atom is -0.494 e. The number of hydrogen-bond acceptors (Lipinski definition) is 4. The molecule has 0 N–H and O–H groups in total. The highest BCUT2D eigenvalue weighted by molar-refractivity contribution is 5.96. The van der Waals surface area contributed by atoms with E-state index in [9.17, 15) is 9.59 Å². The first kappa shape index (κ1) is 15.0. The molecule has 0 atom stereocenters. The van der Waals surface area contributed by atoms with Gasteiger partial charge >= 0.3 is 5.97 Å². The van der Waals surface area contributed by atoms with Crippen LogP contribution in [0.25, 0.3) is 0 Å². The molecular weight excluding hydrogens is 246 g/mol. The van der Waals surface area contributed by atoms with Crippen LogP contribution in [0.15, 0.2) is 24.3 Å². The Labute approximate surface area is 113 Å². The molecule has 19 heavy (non-hydrogen) atoms. The molecule has 0 spiro atoms. The molecule has 5 nitrogen and oxygen atoms in total. The first-order valence-electron chi connectivity index (χ1n) is 6.13. The third kappa shape index (κ3) is 4.62. The maximum absolute atomic E-state index is 12.1. The number of ether oxygens (including phenoxy) is 2. The van der Waals surface area contributed by atoms with Gasteiger partial charge in [0.1, 0.15) is 12.3 Å². The highest BCUT2D eigenvalue weighted by Crippen LogP contribution is 2.15. The zero-order valence-electron chi connectivity index (χ0n) is 11.5. The van der Waals surface area contributed by atoms with Crippen LogP contribution in [0.3, 0.4) is 0 Å². The Morgan fingerprint density at radius 2 is 2.05 bits per heavy atom. The van der Waals surface area contributed by atoms with Crippen LogP contribution in [0.2, 0.25) is 0 Å². The van der Waals surface area contributed by atoms with E-state index in [2.05, 4.69) is 4.74 Å². The molecule has 0 saturated carbocycles. The van der Waals surface area contributed by atoms with Crippen molar-refractivity contribution < 1.29 is 19.1 Å². The van der Waals surface area contributed by atoms with Gasteiger partial charge in [-0.1, -0.05) is 13.0 Å². The zero-order chi connectivity index (χ0) is 14.3. The lowest BCUT2D eigenvalue weighted by Gasteiger charge is -2.16. The lowest BCUT2D eigenvalue weighted by molar-refractivity contribution is -0.141. The van der Waals surface area contributed by atoms with E-state index in [0.717, 1.165) is 6.42 Å². The quantitative estimate of drug-likeness (QED) is 0.735. The summed E-state index contributed by atoms with van der Waals surface area (Å²) >= 11 is 0. The molecule has 104 valence electrons. The Balaban J connectivity index is 2.73. The molecule has 1 aromatic rings. The lowest BCUT2D eigenvalue weighted by Crippen LogP contribution is -2.32. The highest BCUT2D eigenvalue weighted by Gasteiger charge is 2.15. The van der Waals surface area contributed by atoms with Gasteiger partial charge in [0.05, 0.1) is 13.7 Å². The van der Waals surface area contributed by atoms with E-state index in [1.54, 1.807) is 31.3 Å². The van der Waals surface area contributed by atoms with E-state index < -0.39 is 5.97 Å². The first-order chi connectivity index (χ1) is 9.08. The van der Waals surface area contributed by atoms with Gasteiger partial charge in [-0.15, -0.1) is 0 Å². The fourth-order valence-electron chi connectivity index (χ4n) is 1.49. The van der Waals surface area contributed by atoms with Gasteiger partial charge in [0.15, 0.2) is 0 Å². The number of hydrogen-bond donors (Lipinski definition) is 0. The molecule has 0 unspecified atom stereocenters. The van der Waals surface area contributed by atoms with Gasteiger partial charge < -0.3 is 14.4 Å².